The molecule has 1 aliphatic heterocycles. The lowest BCUT2D eigenvalue weighted by atomic mass is 9.96. The Hall–Kier alpha value is -0.650. The zero-order chi connectivity index (χ0) is 17.0. The van der Waals surface area contributed by atoms with Crippen LogP contribution in [0.1, 0.15) is 58.3 Å². The van der Waals surface area contributed by atoms with Crippen molar-refractivity contribution in [2.75, 3.05) is 52.5 Å². The molecule has 5 nitrogen and oxygen atoms in total. The lowest BCUT2D eigenvalue weighted by Crippen LogP contribution is -2.48. The first-order valence-corrected chi connectivity index (χ1v) is 10.1. The highest BCUT2D eigenvalue weighted by atomic mass is 16.5. The highest BCUT2D eigenvalue weighted by Crippen LogP contribution is 2.17. The minimum absolute atomic E-state index is 0.249. The minimum Gasteiger partial charge on any atom is -0.380 e. The molecule has 0 bridgehead atoms. The second-order valence-electron chi connectivity index (χ2n) is 7.24. The molecule has 1 heterocycles. The van der Waals surface area contributed by atoms with Crippen molar-refractivity contribution in [1.82, 2.24) is 15.1 Å². The van der Waals surface area contributed by atoms with Crippen LogP contribution in [0, 0.1) is 0 Å². The number of carbonyl (C=O) groups is 1. The molecule has 0 radical (unpaired) electrons. The fourth-order valence-corrected chi connectivity index (χ4v) is 3.73. The summed E-state index contributed by atoms with van der Waals surface area (Å²) in [7, 11) is 0. The molecule has 0 unspecified atom stereocenters. The van der Waals surface area contributed by atoms with Crippen LogP contribution in [0.4, 0.5) is 0 Å². The van der Waals surface area contributed by atoms with Crippen LogP contribution < -0.4 is 5.32 Å². The molecular weight excluding hydrogens is 302 g/mol. The number of amides is 1. The van der Waals surface area contributed by atoms with Gasteiger partial charge in [-0.1, -0.05) is 32.1 Å². The molecule has 2 aliphatic rings. The number of hydrogen-bond acceptors (Lipinski definition) is 4. The lowest BCUT2D eigenvalue weighted by Gasteiger charge is -2.34. The molecule has 24 heavy (non-hydrogen) atoms. The predicted octanol–water partition coefficient (Wildman–Crippen LogP) is 2.26. The van der Waals surface area contributed by atoms with Crippen molar-refractivity contribution < 1.29 is 9.53 Å². The van der Waals surface area contributed by atoms with Crippen LogP contribution in [0.25, 0.3) is 0 Å². The Morgan fingerprint density at radius 2 is 1.54 bits per heavy atom. The second-order valence-corrected chi connectivity index (χ2v) is 7.24. The van der Waals surface area contributed by atoms with Gasteiger partial charge in [-0.25, -0.2) is 0 Å². The minimum atomic E-state index is 0.249. The van der Waals surface area contributed by atoms with Gasteiger partial charge in [0.1, 0.15) is 0 Å². The van der Waals surface area contributed by atoms with Crippen molar-refractivity contribution in [3.63, 3.8) is 0 Å². The molecule has 1 amide bonds. The molecule has 1 saturated carbocycles. The summed E-state index contributed by atoms with van der Waals surface area (Å²) in [6.07, 6.45) is 9.57. The number of hydrogen-bond donors (Lipinski definition) is 1. The van der Waals surface area contributed by atoms with Crippen molar-refractivity contribution in [2.24, 2.45) is 0 Å². The van der Waals surface area contributed by atoms with Crippen LogP contribution in [0.15, 0.2) is 0 Å². The lowest BCUT2D eigenvalue weighted by molar-refractivity contribution is -0.122. The summed E-state index contributed by atoms with van der Waals surface area (Å²) in [4.78, 5) is 17.1. The van der Waals surface area contributed by atoms with Gasteiger partial charge in [0, 0.05) is 58.3 Å². The molecule has 5 heteroatoms. The molecular formula is C19H37N3O2. The molecule has 2 rings (SSSR count). The predicted molar refractivity (Wildman–Crippen MR) is 98.2 cm³/mol. The molecule has 1 saturated heterocycles. The topological polar surface area (TPSA) is 44.8 Å². The van der Waals surface area contributed by atoms with E-state index in [-0.39, 0.29) is 5.91 Å². The molecule has 1 aliphatic carbocycles. The van der Waals surface area contributed by atoms with Gasteiger partial charge >= 0.3 is 0 Å². The molecule has 140 valence electrons. The summed E-state index contributed by atoms with van der Waals surface area (Å²) in [6.45, 7) is 9.94. The highest BCUT2D eigenvalue weighted by molar-refractivity contribution is 5.76. The van der Waals surface area contributed by atoms with Gasteiger partial charge in [0.2, 0.25) is 5.91 Å². The number of carbonyl (C=O) groups excluding carboxylic acids is 1. The van der Waals surface area contributed by atoms with E-state index in [1.807, 2.05) is 6.92 Å². The molecule has 2 fully saturated rings. The van der Waals surface area contributed by atoms with Gasteiger partial charge in [-0.2, -0.15) is 0 Å². The van der Waals surface area contributed by atoms with Crippen molar-refractivity contribution in [1.29, 1.82) is 0 Å². The molecule has 0 atom stereocenters. The average molecular weight is 340 g/mol. The average Bonchev–Trinajstić information content (AvgIpc) is 2.57. The van der Waals surface area contributed by atoms with E-state index in [9.17, 15) is 4.79 Å². The third-order valence-electron chi connectivity index (χ3n) is 5.35. The Bertz CT molecular complexity index is 336. The maximum absolute atomic E-state index is 12.2. The summed E-state index contributed by atoms with van der Waals surface area (Å²) in [5.74, 6) is 0.249. The summed E-state index contributed by atoms with van der Waals surface area (Å²) in [5, 5.41) is 3.28. The van der Waals surface area contributed by atoms with Gasteiger partial charge in [0.25, 0.3) is 0 Å². The van der Waals surface area contributed by atoms with E-state index < -0.39 is 0 Å². The van der Waals surface area contributed by atoms with Gasteiger partial charge in [0.15, 0.2) is 0 Å². The first-order valence-electron chi connectivity index (χ1n) is 10.1. The Balaban J connectivity index is 1.55. The molecule has 0 aromatic carbocycles. The maximum Gasteiger partial charge on any atom is 0.221 e. The van der Waals surface area contributed by atoms with Crippen LogP contribution in [0.3, 0.4) is 0 Å². The fourth-order valence-electron chi connectivity index (χ4n) is 3.73. The van der Waals surface area contributed by atoms with E-state index in [0.717, 1.165) is 52.5 Å². The smallest absolute Gasteiger partial charge is 0.221 e. The summed E-state index contributed by atoms with van der Waals surface area (Å²) >= 11 is 0. The van der Waals surface area contributed by atoms with Crippen LogP contribution in [0.5, 0.6) is 0 Å². The largest absolute Gasteiger partial charge is 0.380 e. The van der Waals surface area contributed by atoms with E-state index >= 15 is 0 Å². The number of piperazine rings is 1. The van der Waals surface area contributed by atoms with Crippen LogP contribution in [0.2, 0.25) is 0 Å². The Morgan fingerprint density at radius 1 is 0.958 bits per heavy atom. The van der Waals surface area contributed by atoms with Crippen molar-refractivity contribution >= 4 is 5.91 Å². The van der Waals surface area contributed by atoms with Crippen molar-refractivity contribution in [2.45, 2.75) is 64.3 Å². The molecule has 1 N–H and O–H groups in total. The SMILES string of the molecule is CCOCCN1CCN(CCC(=O)NC2CCCCCCC2)CC1. The number of nitrogens with zero attached hydrogens (tertiary/aromatic N) is 2. The van der Waals surface area contributed by atoms with Gasteiger partial charge in [-0.3, -0.25) is 9.69 Å². The van der Waals surface area contributed by atoms with Crippen LogP contribution >= 0.6 is 0 Å². The van der Waals surface area contributed by atoms with Crippen LogP contribution in [-0.2, 0) is 9.53 Å². The fraction of sp³-hybridized carbons (Fsp3) is 0.947. The summed E-state index contributed by atoms with van der Waals surface area (Å²) < 4.78 is 5.42. The van der Waals surface area contributed by atoms with E-state index in [1.165, 1.54) is 44.9 Å². The third kappa shape index (κ3) is 7.95. The molecule has 0 aromatic rings. The van der Waals surface area contributed by atoms with E-state index in [0.29, 0.717) is 12.5 Å². The van der Waals surface area contributed by atoms with Gasteiger partial charge in [-0.15, -0.1) is 0 Å². The Morgan fingerprint density at radius 3 is 2.17 bits per heavy atom. The first kappa shape index (κ1) is 19.7. The number of nitrogens with one attached hydrogen (secondary N) is 1. The molecule has 0 spiro atoms. The van der Waals surface area contributed by atoms with Crippen molar-refractivity contribution in [3.05, 3.63) is 0 Å². The highest BCUT2D eigenvalue weighted by Gasteiger charge is 2.18. The standard InChI is InChI=1S/C19H37N3O2/c1-2-24-17-16-22-14-12-21(13-15-22)11-10-19(23)20-18-8-6-4-3-5-7-9-18/h18H,2-17H2,1H3,(H,20,23). The first-order chi connectivity index (χ1) is 11.8. The zero-order valence-corrected chi connectivity index (χ0v) is 15.6. The quantitative estimate of drug-likeness (QED) is 0.689. The van der Waals surface area contributed by atoms with Gasteiger partial charge < -0.3 is 15.0 Å². The van der Waals surface area contributed by atoms with Gasteiger partial charge in [0.05, 0.1) is 6.61 Å². The summed E-state index contributed by atoms with van der Waals surface area (Å²) in [5.41, 5.74) is 0. The zero-order valence-electron chi connectivity index (χ0n) is 15.6. The normalized spacial score (nSPS) is 22.0. The van der Waals surface area contributed by atoms with Gasteiger partial charge in [-0.05, 0) is 19.8 Å². The Labute approximate surface area is 148 Å². The van der Waals surface area contributed by atoms with E-state index in [4.69, 9.17) is 4.74 Å². The Kier molecular flexibility index (Phi) is 9.69. The number of ether oxygens (including phenoxy) is 1. The van der Waals surface area contributed by atoms with E-state index in [1.54, 1.807) is 0 Å². The second kappa shape index (κ2) is 11.8. The van der Waals surface area contributed by atoms with Crippen LogP contribution in [-0.4, -0.2) is 74.2 Å². The number of rotatable bonds is 8. The molecule has 0 aromatic heterocycles. The van der Waals surface area contributed by atoms with Crippen molar-refractivity contribution in [3.8, 4) is 0 Å². The summed E-state index contributed by atoms with van der Waals surface area (Å²) in [6, 6.07) is 0.424. The third-order valence-corrected chi connectivity index (χ3v) is 5.35. The monoisotopic (exact) mass is 339 g/mol. The maximum atomic E-state index is 12.2. The van der Waals surface area contributed by atoms with E-state index in [2.05, 4.69) is 15.1 Å².